The van der Waals surface area contributed by atoms with Gasteiger partial charge in [0.1, 0.15) is 6.10 Å². The summed E-state index contributed by atoms with van der Waals surface area (Å²) < 4.78 is 16.1. The molecule has 0 saturated heterocycles. The molecule has 1 amide bonds. The Labute approximate surface area is 139 Å². The Morgan fingerprint density at radius 2 is 1.74 bits per heavy atom. The molecule has 0 spiro atoms. The van der Waals surface area contributed by atoms with Gasteiger partial charge in [-0.1, -0.05) is 51.1 Å². The third kappa shape index (κ3) is 8.00. The van der Waals surface area contributed by atoms with Gasteiger partial charge in [-0.05, 0) is 12.5 Å². The largest absolute Gasteiger partial charge is 0.441 e. The maximum absolute atomic E-state index is 12.0. The molecule has 1 aromatic carbocycles. The van der Waals surface area contributed by atoms with Crippen LogP contribution in [0.15, 0.2) is 30.3 Å². The molecule has 0 aromatic heterocycles. The van der Waals surface area contributed by atoms with Crippen LogP contribution >= 0.6 is 0 Å². The van der Waals surface area contributed by atoms with E-state index in [4.69, 9.17) is 14.2 Å². The number of amides is 1. The number of hydrogen-bond acceptors (Lipinski definition) is 4. The van der Waals surface area contributed by atoms with Crippen molar-refractivity contribution in [2.75, 3.05) is 33.0 Å². The number of hydrogen-bond donors (Lipinski definition) is 1. The lowest BCUT2D eigenvalue weighted by molar-refractivity contribution is 0.0265. The predicted molar refractivity (Wildman–Crippen MR) is 90.4 cm³/mol. The third-order valence-electron chi connectivity index (χ3n) is 3.21. The fourth-order valence-electron chi connectivity index (χ4n) is 2.11. The monoisotopic (exact) mass is 323 g/mol. The van der Waals surface area contributed by atoms with E-state index in [1.807, 2.05) is 37.3 Å². The van der Waals surface area contributed by atoms with Crippen molar-refractivity contribution in [3.8, 4) is 0 Å². The topological polar surface area (TPSA) is 56.8 Å². The average Bonchev–Trinajstić information content (AvgIpc) is 2.51. The lowest BCUT2D eigenvalue weighted by Gasteiger charge is -2.30. The average molecular weight is 323 g/mol. The quantitative estimate of drug-likeness (QED) is 0.706. The Kier molecular flexibility index (Phi) is 8.66. The third-order valence-corrected chi connectivity index (χ3v) is 3.21. The van der Waals surface area contributed by atoms with Crippen molar-refractivity contribution in [2.45, 2.75) is 33.8 Å². The van der Waals surface area contributed by atoms with Gasteiger partial charge in [0.15, 0.2) is 0 Å². The summed E-state index contributed by atoms with van der Waals surface area (Å²) in [6.07, 6.45) is -0.732. The van der Waals surface area contributed by atoms with Crippen LogP contribution in [0.2, 0.25) is 0 Å². The van der Waals surface area contributed by atoms with Crippen LogP contribution in [0.5, 0.6) is 0 Å². The molecular weight excluding hydrogens is 294 g/mol. The summed E-state index contributed by atoms with van der Waals surface area (Å²) in [6, 6.07) is 9.78. The molecule has 0 saturated carbocycles. The summed E-state index contributed by atoms with van der Waals surface area (Å²) in [5.74, 6) is 0. The van der Waals surface area contributed by atoms with Crippen molar-refractivity contribution >= 4 is 6.09 Å². The van der Waals surface area contributed by atoms with Crippen molar-refractivity contribution in [1.82, 2.24) is 5.32 Å². The number of carbonyl (C=O) groups excluding carboxylic acids is 1. The van der Waals surface area contributed by atoms with Gasteiger partial charge in [0.2, 0.25) is 0 Å². The number of ether oxygens (including phenoxy) is 3. The molecule has 0 fully saturated rings. The van der Waals surface area contributed by atoms with Gasteiger partial charge >= 0.3 is 6.09 Å². The van der Waals surface area contributed by atoms with Crippen LogP contribution in [0.1, 0.15) is 39.4 Å². The maximum atomic E-state index is 12.0. The van der Waals surface area contributed by atoms with Gasteiger partial charge in [0.25, 0.3) is 0 Å². The highest BCUT2D eigenvalue weighted by Crippen LogP contribution is 2.35. The summed E-state index contributed by atoms with van der Waals surface area (Å²) in [4.78, 5) is 12.0. The second-order valence-corrected chi connectivity index (χ2v) is 6.30. The molecule has 0 bridgehead atoms. The normalized spacial score (nSPS) is 12.7. The van der Waals surface area contributed by atoms with Gasteiger partial charge in [-0.25, -0.2) is 4.79 Å². The number of carbonyl (C=O) groups is 1. The van der Waals surface area contributed by atoms with E-state index >= 15 is 0 Å². The molecule has 0 aliphatic rings. The zero-order valence-corrected chi connectivity index (χ0v) is 14.6. The second-order valence-electron chi connectivity index (χ2n) is 6.30. The predicted octanol–water partition coefficient (Wildman–Crippen LogP) is 3.55. The molecule has 0 aliphatic carbocycles. The minimum absolute atomic E-state index is 0.188. The van der Waals surface area contributed by atoms with Gasteiger partial charge in [-0.2, -0.15) is 0 Å². The first kappa shape index (κ1) is 19.5. The van der Waals surface area contributed by atoms with E-state index in [-0.39, 0.29) is 11.5 Å². The highest BCUT2D eigenvalue weighted by Gasteiger charge is 2.29. The lowest BCUT2D eigenvalue weighted by atomic mass is 9.84. The fourth-order valence-corrected chi connectivity index (χ4v) is 2.11. The van der Waals surface area contributed by atoms with E-state index in [2.05, 4.69) is 26.1 Å². The van der Waals surface area contributed by atoms with Crippen molar-refractivity contribution in [1.29, 1.82) is 0 Å². The van der Waals surface area contributed by atoms with E-state index < -0.39 is 6.09 Å². The Morgan fingerprint density at radius 1 is 1.09 bits per heavy atom. The van der Waals surface area contributed by atoms with E-state index in [1.165, 1.54) is 0 Å². The van der Waals surface area contributed by atoms with Crippen molar-refractivity contribution in [2.24, 2.45) is 5.41 Å². The molecule has 0 heterocycles. The molecule has 5 heteroatoms. The van der Waals surface area contributed by atoms with Crippen LogP contribution in [0.4, 0.5) is 4.79 Å². The molecule has 130 valence electrons. The molecule has 1 rings (SSSR count). The van der Waals surface area contributed by atoms with Gasteiger partial charge < -0.3 is 19.5 Å². The van der Waals surface area contributed by atoms with Crippen LogP contribution in [0.3, 0.4) is 0 Å². The summed E-state index contributed by atoms with van der Waals surface area (Å²) >= 11 is 0. The molecule has 0 aliphatic heterocycles. The smallest absolute Gasteiger partial charge is 0.407 e. The van der Waals surface area contributed by atoms with Gasteiger partial charge in [-0.3, -0.25) is 0 Å². The number of benzene rings is 1. The van der Waals surface area contributed by atoms with Crippen molar-refractivity contribution in [3.63, 3.8) is 0 Å². The van der Waals surface area contributed by atoms with Gasteiger partial charge in [-0.15, -0.1) is 0 Å². The Hall–Kier alpha value is -1.59. The van der Waals surface area contributed by atoms with Crippen molar-refractivity contribution < 1.29 is 19.0 Å². The summed E-state index contributed by atoms with van der Waals surface area (Å²) in [5, 5.41) is 2.72. The first-order valence-electron chi connectivity index (χ1n) is 8.10. The Bertz CT molecular complexity index is 442. The first-order valence-corrected chi connectivity index (χ1v) is 8.10. The minimum Gasteiger partial charge on any atom is -0.441 e. The summed E-state index contributed by atoms with van der Waals surface area (Å²) in [7, 11) is 0. The molecule has 1 atom stereocenters. The zero-order chi connectivity index (χ0) is 17.1. The van der Waals surface area contributed by atoms with Crippen LogP contribution in [-0.4, -0.2) is 39.1 Å². The van der Waals surface area contributed by atoms with E-state index in [1.54, 1.807) is 0 Å². The minimum atomic E-state index is -0.429. The molecule has 1 N–H and O–H groups in total. The first-order chi connectivity index (χ1) is 10.9. The molecule has 23 heavy (non-hydrogen) atoms. The number of rotatable bonds is 9. The highest BCUT2D eigenvalue weighted by molar-refractivity contribution is 5.67. The van der Waals surface area contributed by atoms with E-state index in [9.17, 15) is 4.79 Å². The van der Waals surface area contributed by atoms with Crippen LogP contribution in [0.25, 0.3) is 0 Å². The molecular formula is C18H29NO4. The number of nitrogens with one attached hydrogen (secondary N) is 1. The van der Waals surface area contributed by atoms with Crippen LogP contribution < -0.4 is 5.32 Å². The van der Waals surface area contributed by atoms with E-state index in [0.29, 0.717) is 33.0 Å². The standard InChI is InChI=1S/C18H29NO4/c1-5-21-13-14-22-12-11-19-17(20)23-16(18(2,3)4)15-9-7-6-8-10-15/h6-10,16H,5,11-14H2,1-4H3,(H,19,20). The number of alkyl carbamates (subject to hydrolysis) is 1. The fraction of sp³-hybridized carbons (Fsp3) is 0.611. The Balaban J connectivity index is 2.37. The SMILES string of the molecule is CCOCCOCCNC(=O)OC(c1ccccc1)C(C)(C)C. The zero-order valence-electron chi connectivity index (χ0n) is 14.6. The summed E-state index contributed by atoms with van der Waals surface area (Å²) in [6.45, 7) is 10.7. The highest BCUT2D eigenvalue weighted by atomic mass is 16.6. The van der Waals surface area contributed by atoms with Crippen molar-refractivity contribution in [3.05, 3.63) is 35.9 Å². The molecule has 1 aromatic rings. The molecule has 5 nitrogen and oxygen atoms in total. The molecule has 0 radical (unpaired) electrons. The Morgan fingerprint density at radius 3 is 2.35 bits per heavy atom. The summed E-state index contributed by atoms with van der Waals surface area (Å²) in [5.41, 5.74) is 0.801. The maximum Gasteiger partial charge on any atom is 0.407 e. The van der Waals surface area contributed by atoms with Gasteiger partial charge in [0, 0.05) is 18.6 Å². The van der Waals surface area contributed by atoms with Crippen LogP contribution in [0, 0.1) is 5.41 Å². The van der Waals surface area contributed by atoms with Gasteiger partial charge in [0.05, 0.1) is 19.8 Å². The lowest BCUT2D eigenvalue weighted by Crippen LogP contribution is -2.33. The second kappa shape index (κ2) is 10.2. The molecule has 1 unspecified atom stereocenters. The van der Waals surface area contributed by atoms with Crippen LogP contribution in [-0.2, 0) is 14.2 Å². The van der Waals surface area contributed by atoms with E-state index in [0.717, 1.165) is 5.56 Å².